The molecule has 0 spiro atoms. The minimum Gasteiger partial charge on any atom is -0.491 e. The Labute approximate surface area is 114 Å². The van der Waals surface area contributed by atoms with Crippen molar-refractivity contribution < 1.29 is 14.6 Å². The molecule has 0 bridgehead atoms. The van der Waals surface area contributed by atoms with Crippen LogP contribution in [0.25, 0.3) is 0 Å². The lowest BCUT2D eigenvalue weighted by Crippen LogP contribution is -2.14. The van der Waals surface area contributed by atoms with Gasteiger partial charge in [-0.25, -0.2) is 0 Å². The summed E-state index contributed by atoms with van der Waals surface area (Å²) in [5.41, 5.74) is 0. The molecule has 0 aliphatic heterocycles. The second-order valence-electron chi connectivity index (χ2n) is 3.27. The van der Waals surface area contributed by atoms with Gasteiger partial charge in [-0.2, -0.15) is 0 Å². The van der Waals surface area contributed by atoms with E-state index in [-0.39, 0.29) is 0 Å². The predicted octanol–water partition coefficient (Wildman–Crippen LogP) is 3.58. The largest absolute Gasteiger partial charge is 0.491 e. The Kier molecular flexibility index (Phi) is 5.95. The van der Waals surface area contributed by atoms with E-state index in [1.807, 2.05) is 0 Å². The van der Waals surface area contributed by atoms with Crippen LogP contribution in [0.3, 0.4) is 0 Å². The van der Waals surface area contributed by atoms with Crippen LogP contribution in [0.1, 0.15) is 6.92 Å². The lowest BCUT2D eigenvalue weighted by molar-refractivity contribution is -0.136. The smallest absolute Gasteiger partial charge is 0.316 e. The molecule has 1 N–H and O–H groups in total. The Morgan fingerprint density at radius 3 is 2.82 bits per heavy atom. The molecule has 0 aliphatic rings. The Hall–Kier alpha value is -0.580. The zero-order chi connectivity index (χ0) is 12.8. The summed E-state index contributed by atoms with van der Waals surface area (Å²) in [5.74, 6) is 0.325. The normalized spacial score (nSPS) is 12.2. The van der Waals surface area contributed by atoms with E-state index in [9.17, 15) is 4.79 Å². The van der Waals surface area contributed by atoms with Gasteiger partial charge in [0.2, 0.25) is 0 Å². The van der Waals surface area contributed by atoms with Gasteiger partial charge in [0.05, 0.1) is 16.9 Å². The van der Waals surface area contributed by atoms with Crippen molar-refractivity contribution in [3.05, 3.63) is 28.2 Å². The van der Waals surface area contributed by atoms with Gasteiger partial charge < -0.3 is 9.84 Å². The Bertz CT molecular complexity index is 398. The number of aliphatic carboxylic acids is 1. The molecule has 94 valence electrons. The monoisotopic (exact) mass is 294 g/mol. The highest BCUT2D eigenvalue weighted by molar-refractivity contribution is 8.00. The van der Waals surface area contributed by atoms with E-state index in [1.54, 1.807) is 25.1 Å². The van der Waals surface area contributed by atoms with E-state index in [1.165, 1.54) is 11.8 Å². The van der Waals surface area contributed by atoms with Gasteiger partial charge >= 0.3 is 5.97 Å². The maximum Gasteiger partial charge on any atom is 0.316 e. The van der Waals surface area contributed by atoms with Crippen LogP contribution in [0, 0.1) is 0 Å². The van der Waals surface area contributed by atoms with Crippen LogP contribution in [-0.4, -0.2) is 28.7 Å². The molecule has 1 atom stereocenters. The fraction of sp³-hybridized carbons (Fsp3) is 0.364. The number of carboxylic acid groups (broad SMARTS) is 1. The highest BCUT2D eigenvalue weighted by atomic mass is 35.5. The molecule has 1 unspecified atom stereocenters. The van der Waals surface area contributed by atoms with Crippen molar-refractivity contribution in [3.8, 4) is 5.75 Å². The van der Waals surface area contributed by atoms with Crippen molar-refractivity contribution in [3.63, 3.8) is 0 Å². The molecular weight excluding hydrogens is 283 g/mol. The number of hydrogen-bond donors (Lipinski definition) is 1. The lowest BCUT2D eigenvalue weighted by atomic mass is 10.3. The maximum absolute atomic E-state index is 10.6. The molecule has 17 heavy (non-hydrogen) atoms. The molecule has 0 saturated heterocycles. The summed E-state index contributed by atoms with van der Waals surface area (Å²) in [6.07, 6.45) is 0. The van der Waals surface area contributed by atoms with Crippen molar-refractivity contribution >= 4 is 40.9 Å². The molecule has 1 aromatic rings. The molecule has 0 aliphatic carbocycles. The average molecular weight is 295 g/mol. The highest BCUT2D eigenvalue weighted by Gasteiger charge is 2.10. The summed E-state index contributed by atoms with van der Waals surface area (Å²) >= 11 is 13.0. The van der Waals surface area contributed by atoms with Gasteiger partial charge in [0.25, 0.3) is 0 Å². The number of benzene rings is 1. The van der Waals surface area contributed by atoms with Crippen LogP contribution in [0.4, 0.5) is 0 Å². The molecule has 0 radical (unpaired) electrons. The number of carboxylic acids is 1. The number of ether oxygens (including phenoxy) is 1. The molecule has 0 amide bonds. The van der Waals surface area contributed by atoms with Crippen molar-refractivity contribution in [1.82, 2.24) is 0 Å². The summed E-state index contributed by atoms with van der Waals surface area (Å²) in [6.45, 7) is 2.05. The van der Waals surface area contributed by atoms with Gasteiger partial charge in [-0.15, -0.1) is 11.8 Å². The van der Waals surface area contributed by atoms with Gasteiger partial charge in [0, 0.05) is 10.8 Å². The van der Waals surface area contributed by atoms with Gasteiger partial charge in [-0.3, -0.25) is 4.79 Å². The van der Waals surface area contributed by atoms with Crippen molar-refractivity contribution in [1.29, 1.82) is 0 Å². The number of carbonyl (C=O) groups is 1. The van der Waals surface area contributed by atoms with Gasteiger partial charge in [0.1, 0.15) is 5.75 Å². The summed E-state index contributed by atoms with van der Waals surface area (Å²) in [4.78, 5) is 10.6. The first-order chi connectivity index (χ1) is 8.00. The first kappa shape index (κ1) is 14.5. The first-order valence-electron chi connectivity index (χ1n) is 4.93. The molecule has 6 heteroatoms. The third-order valence-electron chi connectivity index (χ3n) is 1.95. The Morgan fingerprint density at radius 1 is 1.53 bits per heavy atom. The Balaban J connectivity index is 2.34. The SMILES string of the molecule is CC(SCCOc1ccc(Cl)cc1Cl)C(=O)O. The number of halogens is 2. The third kappa shape index (κ3) is 5.06. The van der Waals surface area contributed by atoms with Crippen LogP contribution >= 0.6 is 35.0 Å². The molecule has 0 aromatic heterocycles. The zero-order valence-corrected chi connectivity index (χ0v) is 11.5. The van der Waals surface area contributed by atoms with E-state index in [2.05, 4.69) is 0 Å². The molecule has 0 saturated carbocycles. The van der Waals surface area contributed by atoms with Crippen molar-refractivity contribution in [2.24, 2.45) is 0 Å². The molecule has 1 aromatic carbocycles. The molecule has 0 fully saturated rings. The van der Waals surface area contributed by atoms with Crippen LogP contribution < -0.4 is 4.74 Å². The number of thioether (sulfide) groups is 1. The van der Waals surface area contributed by atoms with E-state index >= 15 is 0 Å². The van der Waals surface area contributed by atoms with Crippen molar-refractivity contribution in [2.45, 2.75) is 12.2 Å². The predicted molar refractivity (Wildman–Crippen MR) is 71.5 cm³/mol. The second-order valence-corrected chi connectivity index (χ2v) is 5.57. The van der Waals surface area contributed by atoms with E-state index in [4.69, 9.17) is 33.0 Å². The van der Waals surface area contributed by atoms with Crippen LogP contribution in [0.15, 0.2) is 18.2 Å². The van der Waals surface area contributed by atoms with E-state index < -0.39 is 11.2 Å². The molecule has 3 nitrogen and oxygen atoms in total. The van der Waals surface area contributed by atoms with E-state index in [0.29, 0.717) is 28.2 Å². The van der Waals surface area contributed by atoms with Gasteiger partial charge in [0.15, 0.2) is 0 Å². The van der Waals surface area contributed by atoms with Gasteiger partial charge in [-0.05, 0) is 25.1 Å². The molecule has 1 rings (SSSR count). The molecular formula is C11H12Cl2O3S. The maximum atomic E-state index is 10.6. The summed E-state index contributed by atoms with van der Waals surface area (Å²) in [6, 6.07) is 4.98. The summed E-state index contributed by atoms with van der Waals surface area (Å²) in [7, 11) is 0. The third-order valence-corrected chi connectivity index (χ3v) is 3.58. The van der Waals surface area contributed by atoms with Crippen molar-refractivity contribution in [2.75, 3.05) is 12.4 Å². The Morgan fingerprint density at radius 2 is 2.24 bits per heavy atom. The van der Waals surface area contributed by atoms with Crippen LogP contribution in [-0.2, 0) is 4.79 Å². The minimum absolute atomic E-state index is 0.406. The fourth-order valence-corrected chi connectivity index (χ4v) is 2.18. The lowest BCUT2D eigenvalue weighted by Gasteiger charge is -2.09. The topological polar surface area (TPSA) is 46.5 Å². The van der Waals surface area contributed by atoms with Gasteiger partial charge in [-0.1, -0.05) is 23.2 Å². The number of rotatable bonds is 6. The van der Waals surface area contributed by atoms with Crippen LogP contribution in [0.2, 0.25) is 10.0 Å². The van der Waals surface area contributed by atoms with Crippen LogP contribution in [0.5, 0.6) is 5.75 Å². The average Bonchev–Trinajstić information content (AvgIpc) is 2.26. The molecule has 0 heterocycles. The fourth-order valence-electron chi connectivity index (χ4n) is 1.04. The van der Waals surface area contributed by atoms with E-state index in [0.717, 1.165) is 0 Å². The minimum atomic E-state index is -0.820. The standard InChI is InChI=1S/C11H12Cl2O3S/c1-7(11(14)15)17-5-4-16-10-3-2-8(12)6-9(10)13/h2-3,6-7H,4-5H2,1H3,(H,14,15). The highest BCUT2D eigenvalue weighted by Crippen LogP contribution is 2.27. The zero-order valence-electron chi connectivity index (χ0n) is 9.15. The number of hydrogen-bond acceptors (Lipinski definition) is 3. The second kappa shape index (κ2) is 6.99. The quantitative estimate of drug-likeness (QED) is 0.815. The summed E-state index contributed by atoms with van der Waals surface area (Å²) in [5, 5.41) is 9.25. The summed E-state index contributed by atoms with van der Waals surface area (Å²) < 4.78 is 5.42. The first-order valence-corrected chi connectivity index (χ1v) is 6.73.